The highest BCUT2D eigenvalue weighted by Crippen LogP contribution is 2.16. The predicted octanol–water partition coefficient (Wildman–Crippen LogP) is 1.34. The van der Waals surface area contributed by atoms with Crippen molar-refractivity contribution in [2.45, 2.75) is 38.6 Å². The average Bonchev–Trinajstić information content (AvgIpc) is 2.84. The molecule has 1 saturated heterocycles. The number of hydrogen-bond acceptors (Lipinski definition) is 4. The van der Waals surface area contributed by atoms with Gasteiger partial charge in [-0.1, -0.05) is 6.92 Å². The molecule has 2 unspecified atom stereocenters. The minimum absolute atomic E-state index is 0.215. The lowest BCUT2D eigenvalue weighted by atomic mass is 10.0. The summed E-state index contributed by atoms with van der Waals surface area (Å²) in [6, 6.07) is 0.215. The van der Waals surface area contributed by atoms with E-state index in [9.17, 15) is 0 Å². The van der Waals surface area contributed by atoms with Crippen molar-refractivity contribution >= 4 is 0 Å². The van der Waals surface area contributed by atoms with Crippen molar-refractivity contribution in [1.82, 2.24) is 9.97 Å². The van der Waals surface area contributed by atoms with Crippen LogP contribution < -0.4 is 5.73 Å². The molecule has 2 heterocycles. The van der Waals surface area contributed by atoms with Crippen LogP contribution in [0.5, 0.6) is 0 Å². The Balaban J connectivity index is 1.88. The van der Waals surface area contributed by atoms with Crippen molar-refractivity contribution in [3.8, 4) is 0 Å². The Bertz CT molecular complexity index is 333. The summed E-state index contributed by atoms with van der Waals surface area (Å²) in [5.41, 5.74) is 7.03. The zero-order valence-electron chi connectivity index (χ0n) is 10.4. The van der Waals surface area contributed by atoms with Crippen LogP contribution in [-0.4, -0.2) is 29.2 Å². The van der Waals surface area contributed by atoms with Gasteiger partial charge in [0.15, 0.2) is 0 Å². The molecule has 0 saturated carbocycles. The van der Waals surface area contributed by atoms with Crippen LogP contribution in [0.3, 0.4) is 0 Å². The third-order valence-electron chi connectivity index (χ3n) is 3.28. The van der Waals surface area contributed by atoms with Crippen molar-refractivity contribution in [3.05, 3.63) is 23.8 Å². The Morgan fingerprint density at radius 3 is 2.82 bits per heavy atom. The predicted molar refractivity (Wildman–Crippen MR) is 66.6 cm³/mol. The van der Waals surface area contributed by atoms with E-state index in [4.69, 9.17) is 10.5 Å². The number of rotatable bonds is 5. The molecule has 1 aromatic rings. The van der Waals surface area contributed by atoms with Crippen molar-refractivity contribution in [3.63, 3.8) is 0 Å². The Kier molecular flexibility index (Phi) is 4.45. The van der Waals surface area contributed by atoms with Gasteiger partial charge in [-0.15, -0.1) is 0 Å². The first-order valence-electron chi connectivity index (χ1n) is 6.41. The summed E-state index contributed by atoms with van der Waals surface area (Å²) in [6.45, 7) is 3.83. The van der Waals surface area contributed by atoms with Gasteiger partial charge in [0.25, 0.3) is 0 Å². The molecule has 0 amide bonds. The number of nitrogens with two attached hydrogens (primary N) is 1. The van der Waals surface area contributed by atoms with Crippen molar-refractivity contribution < 1.29 is 4.74 Å². The minimum atomic E-state index is 0.215. The Labute approximate surface area is 103 Å². The van der Waals surface area contributed by atoms with Gasteiger partial charge in [0.1, 0.15) is 5.82 Å². The fourth-order valence-electron chi connectivity index (χ4n) is 2.04. The Morgan fingerprint density at radius 2 is 2.24 bits per heavy atom. The molecule has 1 fully saturated rings. The van der Waals surface area contributed by atoms with Crippen LogP contribution in [0, 0.1) is 5.92 Å². The van der Waals surface area contributed by atoms with Crippen LogP contribution >= 0.6 is 0 Å². The first-order chi connectivity index (χ1) is 8.28. The fraction of sp³-hybridized carbons (Fsp3) is 0.692. The number of hydrogen-bond donors (Lipinski definition) is 1. The molecular formula is C13H21N3O. The van der Waals surface area contributed by atoms with Gasteiger partial charge in [0.2, 0.25) is 0 Å². The van der Waals surface area contributed by atoms with E-state index >= 15 is 0 Å². The van der Waals surface area contributed by atoms with Gasteiger partial charge >= 0.3 is 0 Å². The molecule has 1 aliphatic rings. The summed E-state index contributed by atoms with van der Waals surface area (Å²) in [5.74, 6) is 1.52. The van der Waals surface area contributed by atoms with Crippen LogP contribution in [-0.2, 0) is 17.6 Å². The third kappa shape index (κ3) is 3.75. The van der Waals surface area contributed by atoms with E-state index in [1.165, 1.54) is 0 Å². The summed E-state index contributed by atoms with van der Waals surface area (Å²) in [7, 11) is 0. The summed E-state index contributed by atoms with van der Waals surface area (Å²) in [4.78, 5) is 8.81. The molecule has 17 heavy (non-hydrogen) atoms. The standard InChI is InChI=1S/C13H21N3O/c1-2-12(14)5-11-7-15-13(16-8-11)6-10-3-4-17-9-10/h7-8,10,12H,2-6,9,14H2,1H3. The largest absolute Gasteiger partial charge is 0.381 e. The van der Waals surface area contributed by atoms with Crippen molar-refractivity contribution in [2.75, 3.05) is 13.2 Å². The molecule has 1 aliphatic heterocycles. The second kappa shape index (κ2) is 6.07. The normalized spacial score (nSPS) is 21.6. The maximum absolute atomic E-state index is 5.90. The SMILES string of the molecule is CCC(N)Cc1cnc(CC2CCOC2)nc1. The van der Waals surface area contributed by atoms with Gasteiger partial charge in [-0.25, -0.2) is 9.97 Å². The Hall–Kier alpha value is -1.00. The maximum atomic E-state index is 5.90. The highest BCUT2D eigenvalue weighted by atomic mass is 16.5. The first-order valence-corrected chi connectivity index (χ1v) is 6.41. The monoisotopic (exact) mass is 235 g/mol. The number of ether oxygens (including phenoxy) is 1. The molecule has 0 aliphatic carbocycles. The smallest absolute Gasteiger partial charge is 0.128 e. The van der Waals surface area contributed by atoms with E-state index in [2.05, 4.69) is 16.9 Å². The zero-order valence-corrected chi connectivity index (χ0v) is 10.4. The van der Waals surface area contributed by atoms with Crippen LogP contribution in [0.15, 0.2) is 12.4 Å². The van der Waals surface area contributed by atoms with Crippen LogP contribution in [0.4, 0.5) is 0 Å². The molecule has 0 aromatic carbocycles. The molecule has 2 atom stereocenters. The second-order valence-corrected chi connectivity index (χ2v) is 4.81. The van der Waals surface area contributed by atoms with Crippen LogP contribution in [0.1, 0.15) is 31.2 Å². The topological polar surface area (TPSA) is 61.0 Å². The molecule has 1 aromatic heterocycles. The number of nitrogens with zero attached hydrogens (tertiary/aromatic N) is 2. The molecule has 2 N–H and O–H groups in total. The fourth-order valence-corrected chi connectivity index (χ4v) is 2.04. The molecule has 0 spiro atoms. The van der Waals surface area contributed by atoms with E-state index in [0.717, 1.165) is 50.3 Å². The van der Waals surface area contributed by atoms with Gasteiger partial charge in [-0.2, -0.15) is 0 Å². The van der Waals surface area contributed by atoms with E-state index in [1.807, 2.05) is 12.4 Å². The molecule has 0 bridgehead atoms. The maximum Gasteiger partial charge on any atom is 0.128 e. The Morgan fingerprint density at radius 1 is 1.47 bits per heavy atom. The lowest BCUT2D eigenvalue weighted by Crippen LogP contribution is -2.21. The van der Waals surface area contributed by atoms with Crippen LogP contribution in [0.2, 0.25) is 0 Å². The second-order valence-electron chi connectivity index (χ2n) is 4.81. The molecular weight excluding hydrogens is 214 g/mol. The minimum Gasteiger partial charge on any atom is -0.381 e. The highest BCUT2D eigenvalue weighted by Gasteiger charge is 2.17. The zero-order chi connectivity index (χ0) is 12.1. The van der Waals surface area contributed by atoms with E-state index in [1.54, 1.807) is 0 Å². The summed E-state index contributed by atoms with van der Waals surface area (Å²) in [5, 5.41) is 0. The van der Waals surface area contributed by atoms with Gasteiger partial charge < -0.3 is 10.5 Å². The average molecular weight is 235 g/mol. The van der Waals surface area contributed by atoms with E-state index < -0.39 is 0 Å². The lowest BCUT2D eigenvalue weighted by Gasteiger charge is -2.09. The van der Waals surface area contributed by atoms with Gasteiger partial charge in [-0.05, 0) is 30.7 Å². The van der Waals surface area contributed by atoms with Gasteiger partial charge in [-0.3, -0.25) is 0 Å². The number of aromatic nitrogens is 2. The molecule has 2 rings (SSSR count). The first kappa shape index (κ1) is 12.5. The quantitative estimate of drug-likeness (QED) is 0.836. The van der Waals surface area contributed by atoms with Crippen molar-refractivity contribution in [2.24, 2.45) is 11.7 Å². The molecule has 0 radical (unpaired) electrons. The molecule has 4 nitrogen and oxygen atoms in total. The summed E-state index contributed by atoms with van der Waals surface area (Å²) in [6.07, 6.45) is 7.73. The van der Waals surface area contributed by atoms with Gasteiger partial charge in [0, 0.05) is 38.1 Å². The van der Waals surface area contributed by atoms with E-state index in [0.29, 0.717) is 5.92 Å². The third-order valence-corrected chi connectivity index (χ3v) is 3.28. The molecule has 94 valence electrons. The lowest BCUT2D eigenvalue weighted by molar-refractivity contribution is 0.185. The molecule has 4 heteroatoms. The van der Waals surface area contributed by atoms with Crippen LogP contribution in [0.25, 0.3) is 0 Å². The summed E-state index contributed by atoms with van der Waals surface area (Å²) >= 11 is 0. The van der Waals surface area contributed by atoms with E-state index in [-0.39, 0.29) is 6.04 Å². The highest BCUT2D eigenvalue weighted by molar-refractivity contribution is 5.07. The van der Waals surface area contributed by atoms with Crippen molar-refractivity contribution in [1.29, 1.82) is 0 Å². The summed E-state index contributed by atoms with van der Waals surface area (Å²) < 4.78 is 5.35. The van der Waals surface area contributed by atoms with Gasteiger partial charge in [0.05, 0.1) is 0 Å².